The summed E-state index contributed by atoms with van der Waals surface area (Å²) in [5.41, 5.74) is 2.55. The fourth-order valence-corrected chi connectivity index (χ4v) is 3.21. The lowest BCUT2D eigenvalue weighted by atomic mass is 9.96. The van der Waals surface area contributed by atoms with Crippen molar-refractivity contribution in [3.63, 3.8) is 0 Å². The summed E-state index contributed by atoms with van der Waals surface area (Å²) in [5, 5.41) is 1.83. The van der Waals surface area contributed by atoms with Crippen LogP contribution in [-0.4, -0.2) is 23.1 Å². The number of hydrogen-bond donors (Lipinski definition) is 0. The lowest BCUT2D eigenvalue weighted by Crippen LogP contribution is -2.41. The molecule has 0 radical (unpaired) electrons. The van der Waals surface area contributed by atoms with Gasteiger partial charge in [-0.25, -0.2) is 4.79 Å². The Labute approximate surface area is 155 Å². The van der Waals surface area contributed by atoms with E-state index >= 15 is 0 Å². The highest BCUT2D eigenvalue weighted by molar-refractivity contribution is 5.92. The number of carbonyl (C=O) groups excluding carboxylic acids is 1. The first-order valence-electron chi connectivity index (χ1n) is 9.43. The first-order chi connectivity index (χ1) is 12.5. The van der Waals surface area contributed by atoms with Crippen LogP contribution in [0.15, 0.2) is 42.5 Å². The van der Waals surface area contributed by atoms with Crippen molar-refractivity contribution in [2.45, 2.75) is 59.0 Å². The molecule has 0 saturated heterocycles. The highest BCUT2D eigenvalue weighted by Crippen LogP contribution is 2.38. The third-order valence-corrected chi connectivity index (χ3v) is 5.15. The molecule has 0 aromatic heterocycles. The summed E-state index contributed by atoms with van der Waals surface area (Å²) in [7, 11) is 0. The van der Waals surface area contributed by atoms with E-state index < -0.39 is 0 Å². The van der Waals surface area contributed by atoms with Crippen molar-refractivity contribution in [3.05, 3.63) is 59.2 Å². The van der Waals surface area contributed by atoms with Crippen LogP contribution >= 0.6 is 0 Å². The van der Waals surface area contributed by atoms with Crippen LogP contribution in [0.2, 0.25) is 0 Å². The topological polar surface area (TPSA) is 38.8 Å². The molecule has 138 valence electrons. The molecule has 2 unspecified atom stereocenters. The maximum absolute atomic E-state index is 13.0. The lowest BCUT2D eigenvalue weighted by Gasteiger charge is -2.32. The second-order valence-corrected chi connectivity index (χ2v) is 6.92. The molecule has 2 aromatic rings. The molecule has 2 aromatic carbocycles. The molecule has 4 heteroatoms. The zero-order valence-electron chi connectivity index (χ0n) is 16.0. The molecule has 2 atom stereocenters. The molecule has 26 heavy (non-hydrogen) atoms. The molecule has 1 aliphatic rings. The van der Waals surface area contributed by atoms with Gasteiger partial charge in [-0.1, -0.05) is 38.1 Å². The van der Waals surface area contributed by atoms with Crippen LogP contribution in [0.4, 0.5) is 0 Å². The summed E-state index contributed by atoms with van der Waals surface area (Å²) in [6, 6.07) is 13.9. The first kappa shape index (κ1) is 18.5. The van der Waals surface area contributed by atoms with Crippen molar-refractivity contribution in [1.29, 1.82) is 0 Å². The zero-order chi connectivity index (χ0) is 18.7. The van der Waals surface area contributed by atoms with Gasteiger partial charge in [-0.05, 0) is 50.5 Å². The third kappa shape index (κ3) is 3.61. The Morgan fingerprint density at radius 2 is 1.69 bits per heavy atom. The number of hydroxylamine groups is 2. The van der Waals surface area contributed by atoms with Crippen LogP contribution in [-0.2, 0) is 11.3 Å². The summed E-state index contributed by atoms with van der Waals surface area (Å²) in [6.45, 7) is 8.37. The van der Waals surface area contributed by atoms with Gasteiger partial charge in [0, 0.05) is 24.1 Å². The van der Waals surface area contributed by atoms with Crippen LogP contribution in [0, 0.1) is 0 Å². The van der Waals surface area contributed by atoms with E-state index in [9.17, 15) is 4.79 Å². The number of ether oxygens (including phenoxy) is 1. The standard InChI is InChI=1S/C22H27NO3/c1-5-15(3)23(16(4)6-2)26-22(24)18-11-9-13-21-19(18)14-17-10-7-8-12-20(17)25-21/h7-13,15-16H,5-6,14H2,1-4H3. The summed E-state index contributed by atoms with van der Waals surface area (Å²) in [6.07, 6.45) is 2.51. The van der Waals surface area contributed by atoms with Crippen LogP contribution in [0.25, 0.3) is 0 Å². The van der Waals surface area contributed by atoms with Crippen molar-refractivity contribution >= 4 is 5.97 Å². The van der Waals surface area contributed by atoms with E-state index in [0.29, 0.717) is 12.0 Å². The average Bonchev–Trinajstić information content (AvgIpc) is 2.68. The maximum Gasteiger partial charge on any atom is 0.357 e. The molecule has 1 aliphatic heterocycles. The largest absolute Gasteiger partial charge is 0.457 e. The summed E-state index contributed by atoms with van der Waals surface area (Å²) < 4.78 is 5.99. The van der Waals surface area contributed by atoms with E-state index in [1.807, 2.05) is 47.5 Å². The van der Waals surface area contributed by atoms with Crippen molar-refractivity contribution in [2.24, 2.45) is 0 Å². The van der Waals surface area contributed by atoms with Gasteiger partial charge in [-0.2, -0.15) is 0 Å². The molecule has 0 saturated carbocycles. The van der Waals surface area contributed by atoms with E-state index in [2.05, 4.69) is 27.7 Å². The lowest BCUT2D eigenvalue weighted by molar-refractivity contribution is -0.159. The molecule has 1 heterocycles. The summed E-state index contributed by atoms with van der Waals surface area (Å²) >= 11 is 0. The van der Waals surface area contributed by atoms with Gasteiger partial charge in [0.1, 0.15) is 11.5 Å². The van der Waals surface area contributed by atoms with Crippen molar-refractivity contribution in [3.8, 4) is 11.5 Å². The van der Waals surface area contributed by atoms with E-state index in [1.165, 1.54) is 0 Å². The normalized spacial score (nSPS) is 14.8. The molecule has 0 bridgehead atoms. The van der Waals surface area contributed by atoms with Crippen molar-refractivity contribution < 1.29 is 14.4 Å². The predicted molar refractivity (Wildman–Crippen MR) is 103 cm³/mol. The number of rotatable bonds is 6. The first-order valence-corrected chi connectivity index (χ1v) is 9.43. The predicted octanol–water partition coefficient (Wildman–Crippen LogP) is 5.35. The zero-order valence-corrected chi connectivity index (χ0v) is 16.0. The van der Waals surface area contributed by atoms with Gasteiger partial charge in [-0.15, -0.1) is 5.06 Å². The molecule has 3 rings (SSSR count). The van der Waals surface area contributed by atoms with E-state index in [4.69, 9.17) is 9.57 Å². The second kappa shape index (κ2) is 7.92. The Bertz CT molecular complexity index is 777. The number of para-hydroxylation sites is 1. The van der Waals surface area contributed by atoms with Gasteiger partial charge < -0.3 is 9.57 Å². The number of carbonyl (C=O) groups is 1. The van der Waals surface area contributed by atoms with Gasteiger partial charge in [0.15, 0.2) is 0 Å². The van der Waals surface area contributed by atoms with Crippen LogP contribution in [0.1, 0.15) is 62.0 Å². The Hall–Kier alpha value is -2.33. The van der Waals surface area contributed by atoms with Gasteiger partial charge in [0.25, 0.3) is 0 Å². The quantitative estimate of drug-likeness (QED) is 0.560. The minimum atomic E-state index is -0.314. The van der Waals surface area contributed by atoms with E-state index in [0.717, 1.165) is 35.5 Å². The van der Waals surface area contributed by atoms with Gasteiger partial charge >= 0.3 is 5.97 Å². The van der Waals surface area contributed by atoms with Crippen LogP contribution in [0.5, 0.6) is 11.5 Å². The number of benzene rings is 2. The van der Waals surface area contributed by atoms with Crippen LogP contribution < -0.4 is 4.74 Å². The summed E-state index contributed by atoms with van der Waals surface area (Å²) in [5.74, 6) is 1.27. The molecule has 0 aliphatic carbocycles. The number of hydrogen-bond acceptors (Lipinski definition) is 4. The molecule has 4 nitrogen and oxygen atoms in total. The highest BCUT2D eigenvalue weighted by atomic mass is 16.7. The number of nitrogens with zero attached hydrogens (tertiary/aromatic N) is 1. The molecule has 0 spiro atoms. The highest BCUT2D eigenvalue weighted by Gasteiger charge is 2.27. The van der Waals surface area contributed by atoms with E-state index in [1.54, 1.807) is 0 Å². The van der Waals surface area contributed by atoms with Gasteiger partial charge in [0.05, 0.1) is 5.56 Å². The molecule has 0 N–H and O–H groups in total. The van der Waals surface area contributed by atoms with Crippen LogP contribution in [0.3, 0.4) is 0 Å². The SMILES string of the molecule is CCC(C)N(OC(=O)c1cccc2c1Cc1ccccc1O2)C(C)CC. The maximum atomic E-state index is 13.0. The molecular formula is C22H27NO3. The van der Waals surface area contributed by atoms with Gasteiger partial charge in [-0.3, -0.25) is 0 Å². The van der Waals surface area contributed by atoms with E-state index in [-0.39, 0.29) is 18.1 Å². The van der Waals surface area contributed by atoms with Crippen molar-refractivity contribution in [2.75, 3.05) is 0 Å². The Morgan fingerprint density at radius 3 is 2.38 bits per heavy atom. The molecule has 0 fully saturated rings. The second-order valence-electron chi connectivity index (χ2n) is 6.92. The Kier molecular flexibility index (Phi) is 5.62. The third-order valence-electron chi connectivity index (χ3n) is 5.15. The number of fused-ring (bicyclic) bond motifs is 2. The minimum absolute atomic E-state index is 0.172. The minimum Gasteiger partial charge on any atom is -0.457 e. The smallest absolute Gasteiger partial charge is 0.357 e. The summed E-state index contributed by atoms with van der Waals surface area (Å²) in [4.78, 5) is 18.8. The Balaban J connectivity index is 1.87. The molecular weight excluding hydrogens is 326 g/mol. The Morgan fingerprint density at radius 1 is 1.04 bits per heavy atom. The van der Waals surface area contributed by atoms with Gasteiger partial charge in [0.2, 0.25) is 0 Å². The average molecular weight is 353 g/mol. The monoisotopic (exact) mass is 353 g/mol. The fraction of sp³-hybridized carbons (Fsp3) is 0.409. The molecule has 0 amide bonds. The fourth-order valence-electron chi connectivity index (χ4n) is 3.21. The van der Waals surface area contributed by atoms with Crippen molar-refractivity contribution in [1.82, 2.24) is 5.06 Å².